The second kappa shape index (κ2) is 8.03. The molecular weight excluding hydrogens is 350 g/mol. The van der Waals surface area contributed by atoms with E-state index in [0.29, 0.717) is 5.56 Å². The molecule has 7 nitrogen and oxygen atoms in total. The van der Waals surface area contributed by atoms with Gasteiger partial charge in [0.2, 0.25) is 0 Å². The third-order valence-electron chi connectivity index (χ3n) is 5.58. The molecule has 1 aromatic heterocycles. The van der Waals surface area contributed by atoms with Crippen LogP contribution in [-0.2, 0) is 0 Å². The van der Waals surface area contributed by atoms with Gasteiger partial charge in [-0.1, -0.05) is 6.07 Å². The first-order chi connectivity index (χ1) is 13.6. The molecule has 0 saturated carbocycles. The third-order valence-corrected chi connectivity index (χ3v) is 5.58. The summed E-state index contributed by atoms with van der Waals surface area (Å²) in [5, 5.41) is 9.13. The van der Waals surface area contributed by atoms with Gasteiger partial charge in [0.25, 0.3) is 0 Å². The maximum Gasteiger partial charge on any atom is 0.134 e. The van der Waals surface area contributed by atoms with Crippen LogP contribution < -0.4 is 14.7 Å². The van der Waals surface area contributed by atoms with Crippen molar-refractivity contribution in [3.05, 3.63) is 41.7 Å². The third kappa shape index (κ3) is 4.02. The Morgan fingerprint density at radius 1 is 0.821 bits per heavy atom. The summed E-state index contributed by atoms with van der Waals surface area (Å²) >= 11 is 0. The van der Waals surface area contributed by atoms with Crippen molar-refractivity contribution in [1.29, 1.82) is 5.26 Å². The first-order valence-electron chi connectivity index (χ1n) is 9.91. The van der Waals surface area contributed by atoms with E-state index in [1.807, 2.05) is 25.1 Å². The molecule has 2 fully saturated rings. The maximum atomic E-state index is 9.13. The van der Waals surface area contributed by atoms with E-state index in [4.69, 9.17) is 10.2 Å². The van der Waals surface area contributed by atoms with Crippen LogP contribution in [-0.4, -0.2) is 74.3 Å². The fourth-order valence-corrected chi connectivity index (χ4v) is 3.86. The molecule has 4 rings (SSSR count). The highest BCUT2D eigenvalue weighted by Gasteiger charge is 2.21. The Morgan fingerprint density at radius 2 is 1.39 bits per heavy atom. The number of aryl methyl sites for hydroxylation is 1. The quantitative estimate of drug-likeness (QED) is 0.807. The Bertz CT molecular complexity index is 859. The van der Waals surface area contributed by atoms with Crippen molar-refractivity contribution in [2.45, 2.75) is 6.92 Å². The average Bonchev–Trinajstić information content (AvgIpc) is 2.74. The molecule has 0 spiro atoms. The van der Waals surface area contributed by atoms with Crippen LogP contribution in [0.3, 0.4) is 0 Å². The van der Waals surface area contributed by atoms with E-state index in [9.17, 15) is 0 Å². The summed E-state index contributed by atoms with van der Waals surface area (Å²) in [4.78, 5) is 18.8. The van der Waals surface area contributed by atoms with Gasteiger partial charge in [-0.3, -0.25) is 0 Å². The molecule has 28 heavy (non-hydrogen) atoms. The molecule has 0 N–H and O–H groups in total. The molecule has 0 amide bonds. The number of nitrogens with zero attached hydrogens (tertiary/aromatic N) is 7. The number of anilines is 3. The van der Waals surface area contributed by atoms with Crippen molar-refractivity contribution in [2.75, 3.05) is 74.1 Å². The van der Waals surface area contributed by atoms with Gasteiger partial charge in [-0.2, -0.15) is 5.26 Å². The zero-order chi connectivity index (χ0) is 19.5. The molecule has 0 bridgehead atoms. The lowest BCUT2D eigenvalue weighted by molar-refractivity contribution is 0.312. The summed E-state index contributed by atoms with van der Waals surface area (Å²) < 4.78 is 0. The van der Waals surface area contributed by atoms with Crippen LogP contribution in [0.25, 0.3) is 0 Å². The summed E-state index contributed by atoms with van der Waals surface area (Å²) in [5.74, 6) is 2.89. The normalized spacial score (nSPS) is 18.2. The van der Waals surface area contributed by atoms with Gasteiger partial charge in [-0.25, -0.2) is 9.97 Å². The Morgan fingerprint density at radius 3 is 2.00 bits per heavy atom. The topological polar surface area (TPSA) is 62.5 Å². The van der Waals surface area contributed by atoms with Crippen LogP contribution in [0.15, 0.2) is 30.3 Å². The van der Waals surface area contributed by atoms with Crippen molar-refractivity contribution >= 4 is 17.3 Å². The molecule has 0 atom stereocenters. The van der Waals surface area contributed by atoms with E-state index >= 15 is 0 Å². The second-order valence-electron chi connectivity index (χ2n) is 7.56. The summed E-state index contributed by atoms with van der Waals surface area (Å²) in [5.41, 5.74) is 1.83. The van der Waals surface area contributed by atoms with Crippen LogP contribution in [0.4, 0.5) is 17.3 Å². The molecule has 1 aromatic carbocycles. The Hall–Kier alpha value is -2.85. The molecule has 3 heterocycles. The van der Waals surface area contributed by atoms with Crippen LogP contribution in [0.2, 0.25) is 0 Å². The highest BCUT2D eigenvalue weighted by molar-refractivity contribution is 5.55. The minimum absolute atomic E-state index is 0.711. The van der Waals surface area contributed by atoms with Crippen molar-refractivity contribution in [2.24, 2.45) is 0 Å². The number of piperazine rings is 2. The Labute approximate surface area is 166 Å². The smallest absolute Gasteiger partial charge is 0.134 e. The highest BCUT2D eigenvalue weighted by atomic mass is 15.3. The predicted molar refractivity (Wildman–Crippen MR) is 112 cm³/mol. The van der Waals surface area contributed by atoms with Crippen LogP contribution in [0.1, 0.15) is 11.4 Å². The van der Waals surface area contributed by atoms with Crippen molar-refractivity contribution in [3.63, 3.8) is 0 Å². The highest BCUT2D eigenvalue weighted by Crippen LogP contribution is 2.23. The monoisotopic (exact) mass is 377 g/mol. The van der Waals surface area contributed by atoms with Gasteiger partial charge in [0.15, 0.2) is 0 Å². The lowest BCUT2D eigenvalue weighted by Gasteiger charge is -2.37. The summed E-state index contributed by atoms with van der Waals surface area (Å²) in [6.07, 6.45) is 0. The fourth-order valence-electron chi connectivity index (χ4n) is 3.86. The minimum Gasteiger partial charge on any atom is -0.368 e. The van der Waals surface area contributed by atoms with Gasteiger partial charge in [-0.15, -0.1) is 0 Å². The molecule has 0 radical (unpaired) electrons. The standard InChI is InChI=1S/C21H27N7/c1-17-23-20(27-8-6-25(2)7-9-27)15-21(24-17)28-12-10-26(11-13-28)19-5-3-4-18(14-19)16-22/h3-5,14-15H,6-13H2,1-2H3. The first kappa shape index (κ1) is 18.5. The number of likely N-dealkylation sites (N-methyl/N-ethyl adjacent to an activating group) is 1. The lowest BCUT2D eigenvalue weighted by atomic mass is 10.2. The van der Waals surface area contributed by atoms with Crippen molar-refractivity contribution in [3.8, 4) is 6.07 Å². The van der Waals surface area contributed by atoms with Gasteiger partial charge in [0, 0.05) is 64.1 Å². The summed E-state index contributed by atoms with van der Waals surface area (Å²) in [6, 6.07) is 12.2. The van der Waals surface area contributed by atoms with Crippen LogP contribution >= 0.6 is 0 Å². The number of hydrogen-bond acceptors (Lipinski definition) is 7. The van der Waals surface area contributed by atoms with E-state index in [0.717, 1.165) is 75.5 Å². The number of nitriles is 1. The average molecular weight is 377 g/mol. The van der Waals surface area contributed by atoms with Crippen molar-refractivity contribution in [1.82, 2.24) is 14.9 Å². The van der Waals surface area contributed by atoms with Gasteiger partial charge in [0.1, 0.15) is 17.5 Å². The van der Waals surface area contributed by atoms with E-state index in [2.05, 4.69) is 49.8 Å². The van der Waals surface area contributed by atoms with E-state index in [1.54, 1.807) is 0 Å². The van der Waals surface area contributed by atoms with E-state index < -0.39 is 0 Å². The second-order valence-corrected chi connectivity index (χ2v) is 7.56. The number of aromatic nitrogens is 2. The Balaban J connectivity index is 1.45. The lowest BCUT2D eigenvalue weighted by Crippen LogP contribution is -2.47. The molecule has 2 aromatic rings. The predicted octanol–water partition coefficient (Wildman–Crippen LogP) is 1.74. The van der Waals surface area contributed by atoms with E-state index in [-0.39, 0.29) is 0 Å². The zero-order valence-electron chi connectivity index (χ0n) is 16.7. The van der Waals surface area contributed by atoms with Crippen LogP contribution in [0.5, 0.6) is 0 Å². The molecule has 2 saturated heterocycles. The maximum absolute atomic E-state index is 9.13. The SMILES string of the molecule is Cc1nc(N2CCN(C)CC2)cc(N2CCN(c3cccc(C#N)c3)CC2)n1. The fraction of sp³-hybridized carbons (Fsp3) is 0.476. The first-order valence-corrected chi connectivity index (χ1v) is 9.91. The van der Waals surface area contributed by atoms with Gasteiger partial charge in [-0.05, 0) is 32.2 Å². The molecule has 2 aliphatic rings. The molecule has 7 heteroatoms. The number of rotatable bonds is 3. The molecule has 146 valence electrons. The molecule has 2 aliphatic heterocycles. The van der Waals surface area contributed by atoms with Gasteiger partial charge < -0.3 is 19.6 Å². The minimum atomic E-state index is 0.711. The number of benzene rings is 1. The molecule has 0 unspecified atom stereocenters. The summed E-state index contributed by atoms with van der Waals surface area (Å²) in [6.45, 7) is 9.80. The molecular formula is C21H27N7. The summed E-state index contributed by atoms with van der Waals surface area (Å²) in [7, 11) is 2.17. The zero-order valence-corrected chi connectivity index (χ0v) is 16.7. The molecule has 0 aliphatic carbocycles. The largest absolute Gasteiger partial charge is 0.368 e. The van der Waals surface area contributed by atoms with Gasteiger partial charge >= 0.3 is 0 Å². The number of hydrogen-bond donors (Lipinski definition) is 0. The van der Waals surface area contributed by atoms with Crippen molar-refractivity contribution < 1.29 is 0 Å². The van der Waals surface area contributed by atoms with Crippen LogP contribution in [0, 0.1) is 18.3 Å². The van der Waals surface area contributed by atoms with Gasteiger partial charge in [0.05, 0.1) is 11.6 Å². The Kier molecular flexibility index (Phi) is 5.31. The van der Waals surface area contributed by atoms with E-state index in [1.165, 1.54) is 0 Å².